The first-order chi connectivity index (χ1) is 24.8. The molecule has 3 heterocycles. The Balaban J connectivity index is 2.30. The molecule has 3 aliphatic rings. The molecule has 5 N–H and O–H groups in total. The van der Waals surface area contributed by atoms with Crippen LogP contribution < -0.4 is 5.32 Å². The lowest BCUT2D eigenvalue weighted by Crippen LogP contribution is -2.61. The quantitative estimate of drug-likeness (QED) is 0.228. The Hall–Kier alpha value is -1.30. The van der Waals surface area contributed by atoms with Gasteiger partial charge in [0.15, 0.2) is 12.6 Å². The molecule has 0 bridgehead atoms. The van der Waals surface area contributed by atoms with E-state index in [9.17, 15) is 30.0 Å². The van der Waals surface area contributed by atoms with Gasteiger partial charge in [-0.25, -0.2) is 0 Å². The molecule has 1 unspecified atom stereocenters. The van der Waals surface area contributed by atoms with Gasteiger partial charge in [0, 0.05) is 44.4 Å². The van der Waals surface area contributed by atoms with E-state index in [4.69, 9.17) is 37.3 Å². The Bertz CT molecular complexity index is 1260. The highest BCUT2D eigenvalue weighted by Crippen LogP contribution is 2.41. The number of ketones is 1. The predicted octanol–water partition coefficient (Wildman–Crippen LogP) is 2.10. The number of Topliss-reactive ketones (excluding diaryl/α,β-unsaturated/α-hetero) is 1. The van der Waals surface area contributed by atoms with Gasteiger partial charge in [0.2, 0.25) is 0 Å². The van der Waals surface area contributed by atoms with Crippen LogP contribution in [0.5, 0.6) is 0 Å². The SMILES string of the molecule is [2H]C([2H])([2H])O[C@]1(C)C[C@@H](C)C(=O)[C@H](C)[C@@H](O)[C@](C)(O)[C@@H](CC)OC(=O)[C@H](C)C(O[C@H]2C[C@@](C)(OC)[C@@H](O)[C@H](C)O2)[C@H](C)[C@H]1O[C@@H]1O[C@H](C)C[C@H](NC)[C@H]1O. The molecule has 0 aromatic carbocycles. The number of rotatable bonds is 8. The number of hydrogen-bond acceptors (Lipinski definition) is 14. The molecule has 18 atom stereocenters. The van der Waals surface area contributed by atoms with Crippen LogP contribution in [0.2, 0.25) is 0 Å². The van der Waals surface area contributed by atoms with Crippen LogP contribution in [0.4, 0.5) is 0 Å². The fraction of sp³-hybridized carbons (Fsp3) is 0.946. The molecule has 3 aliphatic heterocycles. The monoisotopic (exact) mass is 736 g/mol. The van der Waals surface area contributed by atoms with Gasteiger partial charge in [-0.2, -0.15) is 0 Å². The van der Waals surface area contributed by atoms with Crippen molar-refractivity contribution in [2.75, 3.05) is 21.2 Å². The van der Waals surface area contributed by atoms with Crippen molar-refractivity contribution < 1.29 is 67.3 Å². The molecule has 51 heavy (non-hydrogen) atoms. The molecule has 14 nitrogen and oxygen atoms in total. The maximum absolute atomic E-state index is 14.2. The Morgan fingerprint density at radius 3 is 2.14 bits per heavy atom. The maximum Gasteiger partial charge on any atom is 0.311 e. The number of carbonyl (C=O) groups excluding carboxylic acids is 2. The molecular formula is C37H67NO13. The van der Waals surface area contributed by atoms with Crippen LogP contribution in [0, 0.1) is 23.7 Å². The summed E-state index contributed by atoms with van der Waals surface area (Å²) in [6.07, 6.45) is -11.0. The van der Waals surface area contributed by atoms with Crippen molar-refractivity contribution in [3.63, 3.8) is 0 Å². The average Bonchev–Trinajstić information content (AvgIpc) is 3.08. The fourth-order valence-electron chi connectivity index (χ4n) is 8.28. The molecule has 0 aromatic rings. The minimum atomic E-state index is -3.03. The third-order valence-electron chi connectivity index (χ3n) is 11.8. The maximum atomic E-state index is 14.2. The molecule has 3 fully saturated rings. The minimum absolute atomic E-state index is 0.0300. The van der Waals surface area contributed by atoms with Gasteiger partial charge < -0.3 is 58.9 Å². The second kappa shape index (κ2) is 17.4. The average molecular weight is 737 g/mol. The van der Waals surface area contributed by atoms with E-state index in [0.717, 1.165) is 0 Å². The molecule has 0 spiro atoms. The molecule has 14 heteroatoms. The van der Waals surface area contributed by atoms with Crippen LogP contribution in [0.3, 0.4) is 0 Å². The van der Waals surface area contributed by atoms with Crippen molar-refractivity contribution in [2.45, 2.75) is 179 Å². The Morgan fingerprint density at radius 1 is 0.922 bits per heavy atom. The zero-order valence-corrected chi connectivity index (χ0v) is 32.5. The standard InChI is InChI=1S/C37H67NO13/c1-14-25-37(10,44)30(41)20(4)27(39)18(2)16-36(9,46-13)32(51-34-28(40)24(38-11)15-19(3)47-34)21(5)29(22(6)33(43)49-25)50-26-17-35(8,45-12)31(42)23(7)48-26/h18-26,28-32,34,38,40-42,44H,14-17H2,1-13H3/t18-,19-,20+,21+,22-,23+,24+,25-,26+,28-,29?,30-,31+,32-,34+,35-,36-,37-/m1/s1/i13D3. The third-order valence-corrected chi connectivity index (χ3v) is 11.8. The summed E-state index contributed by atoms with van der Waals surface area (Å²) in [7, 11) is 0.110. The highest BCUT2D eigenvalue weighted by Gasteiger charge is 2.54. The van der Waals surface area contributed by atoms with Crippen LogP contribution in [0.1, 0.15) is 99.0 Å². The number of esters is 1. The number of ether oxygens (including phenoxy) is 7. The third kappa shape index (κ3) is 9.33. The van der Waals surface area contributed by atoms with Crippen LogP contribution in [-0.4, -0.2) is 138 Å². The van der Waals surface area contributed by atoms with Crippen molar-refractivity contribution in [3.8, 4) is 0 Å². The summed E-state index contributed by atoms with van der Waals surface area (Å²) >= 11 is 0. The van der Waals surface area contributed by atoms with E-state index in [1.807, 2.05) is 0 Å². The van der Waals surface area contributed by atoms with Crippen LogP contribution in [-0.2, 0) is 42.7 Å². The molecule has 3 rings (SSSR count). The number of carbonyl (C=O) groups is 2. The number of cyclic esters (lactones) is 1. The first-order valence-corrected chi connectivity index (χ1v) is 18.3. The van der Waals surface area contributed by atoms with Crippen LogP contribution in [0.25, 0.3) is 0 Å². The number of methoxy groups -OCH3 is 2. The number of nitrogens with one attached hydrogen (secondary N) is 1. The summed E-state index contributed by atoms with van der Waals surface area (Å²) in [5.41, 5.74) is -5.05. The zero-order chi connectivity index (χ0) is 41.3. The van der Waals surface area contributed by atoms with Gasteiger partial charge >= 0.3 is 5.97 Å². The molecular weight excluding hydrogens is 666 g/mol. The molecule has 0 aliphatic carbocycles. The Labute approximate surface area is 308 Å². The molecule has 0 radical (unpaired) electrons. The Kier molecular flexibility index (Phi) is 13.5. The van der Waals surface area contributed by atoms with Gasteiger partial charge in [-0.05, 0) is 67.9 Å². The van der Waals surface area contributed by atoms with Gasteiger partial charge in [-0.1, -0.05) is 27.7 Å². The van der Waals surface area contributed by atoms with Gasteiger partial charge in [-0.3, -0.25) is 9.59 Å². The van der Waals surface area contributed by atoms with E-state index in [-0.39, 0.29) is 19.3 Å². The van der Waals surface area contributed by atoms with Crippen molar-refractivity contribution in [3.05, 3.63) is 0 Å². The molecule has 298 valence electrons. The van der Waals surface area contributed by atoms with E-state index in [1.54, 1.807) is 55.5 Å². The first-order valence-electron chi connectivity index (χ1n) is 19.8. The minimum Gasteiger partial charge on any atom is -0.459 e. The van der Waals surface area contributed by atoms with Gasteiger partial charge in [-0.15, -0.1) is 0 Å². The van der Waals surface area contributed by atoms with Crippen molar-refractivity contribution in [2.24, 2.45) is 23.7 Å². The molecule has 3 saturated heterocycles. The second-order valence-corrected chi connectivity index (χ2v) is 15.9. The molecule has 0 saturated carbocycles. The van der Waals surface area contributed by atoms with E-state index in [0.29, 0.717) is 6.42 Å². The molecule has 0 amide bonds. The van der Waals surface area contributed by atoms with Gasteiger partial charge in [0.05, 0.1) is 51.8 Å². The largest absolute Gasteiger partial charge is 0.459 e. The van der Waals surface area contributed by atoms with Crippen molar-refractivity contribution in [1.82, 2.24) is 5.32 Å². The number of likely N-dealkylation sites (N-methyl/N-ethyl adjacent to an activating group) is 1. The zero-order valence-electron chi connectivity index (χ0n) is 35.5. The fourth-order valence-corrected chi connectivity index (χ4v) is 8.28. The summed E-state index contributed by atoms with van der Waals surface area (Å²) in [5.74, 6) is -5.63. The van der Waals surface area contributed by atoms with E-state index < -0.39 is 127 Å². The topological polar surface area (TPSA) is 192 Å². The van der Waals surface area contributed by atoms with Gasteiger partial charge in [0.25, 0.3) is 0 Å². The lowest BCUT2D eigenvalue weighted by molar-refractivity contribution is -0.317. The number of hydrogen-bond donors (Lipinski definition) is 5. The van der Waals surface area contributed by atoms with Crippen molar-refractivity contribution >= 4 is 11.8 Å². The lowest BCUT2D eigenvalue weighted by Gasteiger charge is -2.49. The number of aliphatic hydroxyl groups is 4. The second-order valence-electron chi connectivity index (χ2n) is 15.9. The normalized spacial score (nSPS) is 50.7. The van der Waals surface area contributed by atoms with E-state index in [1.165, 1.54) is 27.9 Å². The summed E-state index contributed by atoms with van der Waals surface area (Å²) in [6.45, 7) is 15.8. The summed E-state index contributed by atoms with van der Waals surface area (Å²) in [6, 6.07) is -0.458. The summed E-state index contributed by atoms with van der Waals surface area (Å²) < 4.78 is 67.7. The van der Waals surface area contributed by atoms with Crippen LogP contribution >= 0.6 is 0 Å². The summed E-state index contributed by atoms with van der Waals surface area (Å²) in [4.78, 5) is 28.2. The first kappa shape index (κ1) is 39.4. The lowest BCUT2D eigenvalue weighted by atomic mass is 9.74. The highest BCUT2D eigenvalue weighted by molar-refractivity contribution is 5.83. The summed E-state index contributed by atoms with van der Waals surface area (Å²) in [5, 5.41) is 48.5. The highest BCUT2D eigenvalue weighted by atomic mass is 16.7. The predicted molar refractivity (Wildman–Crippen MR) is 186 cm³/mol. The van der Waals surface area contributed by atoms with Crippen molar-refractivity contribution in [1.29, 1.82) is 0 Å². The van der Waals surface area contributed by atoms with E-state index >= 15 is 0 Å². The van der Waals surface area contributed by atoms with Crippen LogP contribution in [0.15, 0.2) is 0 Å². The van der Waals surface area contributed by atoms with E-state index in [2.05, 4.69) is 5.32 Å². The molecule has 0 aromatic heterocycles. The van der Waals surface area contributed by atoms with Gasteiger partial charge in [0.1, 0.15) is 29.7 Å². The number of aliphatic hydroxyl groups excluding tert-OH is 3. The Morgan fingerprint density at radius 2 is 1.57 bits per heavy atom. The smallest absolute Gasteiger partial charge is 0.311 e.